The molecule has 0 amide bonds. The highest BCUT2D eigenvalue weighted by molar-refractivity contribution is 5.50. The largest absolute Gasteiger partial charge is 0.494 e. The molecular weight excluding hydrogens is 240 g/mol. The van der Waals surface area contributed by atoms with E-state index >= 15 is 0 Å². The van der Waals surface area contributed by atoms with Crippen LogP contribution in [0.1, 0.15) is 6.42 Å². The predicted molar refractivity (Wildman–Crippen MR) is 77.1 cm³/mol. The summed E-state index contributed by atoms with van der Waals surface area (Å²) in [5.41, 5.74) is 12.4. The molecule has 0 saturated heterocycles. The van der Waals surface area contributed by atoms with Crippen molar-refractivity contribution >= 4 is 11.5 Å². The molecule has 0 fully saturated rings. The van der Waals surface area contributed by atoms with Crippen LogP contribution in [0, 0.1) is 0 Å². The lowest BCUT2D eigenvalue weighted by Gasteiger charge is -2.10. The van der Waals surface area contributed by atoms with Crippen LogP contribution in [0.3, 0.4) is 0 Å². The fourth-order valence-electron chi connectivity index (χ4n) is 1.48. The van der Waals surface area contributed by atoms with Crippen molar-refractivity contribution in [2.24, 2.45) is 5.73 Å². The molecule has 0 unspecified atom stereocenters. The molecule has 0 spiro atoms. The number of nitrogens with zero attached hydrogens (tertiary/aromatic N) is 1. The molecule has 2 rings (SSSR count). The Morgan fingerprint density at radius 1 is 1.05 bits per heavy atom. The van der Waals surface area contributed by atoms with Gasteiger partial charge in [-0.3, -0.25) is 10.9 Å². The van der Waals surface area contributed by atoms with Crippen molar-refractivity contribution in [3.05, 3.63) is 48.7 Å². The van der Waals surface area contributed by atoms with Crippen molar-refractivity contribution in [2.45, 2.75) is 6.42 Å². The van der Waals surface area contributed by atoms with Crippen LogP contribution in [0.5, 0.6) is 5.75 Å². The van der Waals surface area contributed by atoms with Gasteiger partial charge in [0, 0.05) is 6.20 Å². The summed E-state index contributed by atoms with van der Waals surface area (Å²) in [6.07, 6.45) is 2.60. The third-order valence-electron chi connectivity index (χ3n) is 2.47. The maximum absolute atomic E-state index is 5.52. The zero-order valence-electron chi connectivity index (χ0n) is 10.7. The van der Waals surface area contributed by atoms with Crippen LogP contribution in [0.4, 0.5) is 11.5 Å². The number of nitrogens with one attached hydrogen (secondary N) is 2. The van der Waals surface area contributed by atoms with E-state index in [-0.39, 0.29) is 0 Å². The Balaban J connectivity index is 1.81. The van der Waals surface area contributed by atoms with Crippen LogP contribution >= 0.6 is 0 Å². The highest BCUT2D eigenvalue weighted by Gasteiger charge is 1.95. The molecule has 2 aromatic rings. The SMILES string of the molecule is NCCCOc1ccc(NNc2ccccn2)cc1. The minimum Gasteiger partial charge on any atom is -0.494 e. The van der Waals surface area contributed by atoms with Crippen molar-refractivity contribution in [3.8, 4) is 5.75 Å². The normalized spacial score (nSPS) is 9.95. The highest BCUT2D eigenvalue weighted by atomic mass is 16.5. The average Bonchev–Trinajstić information content (AvgIpc) is 2.48. The second kappa shape index (κ2) is 7.23. The van der Waals surface area contributed by atoms with Gasteiger partial charge in [-0.05, 0) is 49.4 Å². The Morgan fingerprint density at radius 2 is 1.89 bits per heavy atom. The van der Waals surface area contributed by atoms with E-state index in [0.29, 0.717) is 13.2 Å². The van der Waals surface area contributed by atoms with Gasteiger partial charge in [-0.1, -0.05) is 6.07 Å². The minimum atomic E-state index is 0.646. The highest BCUT2D eigenvalue weighted by Crippen LogP contribution is 2.15. The van der Waals surface area contributed by atoms with Crippen molar-refractivity contribution < 1.29 is 4.74 Å². The molecule has 19 heavy (non-hydrogen) atoms. The van der Waals surface area contributed by atoms with Gasteiger partial charge in [0.15, 0.2) is 0 Å². The number of pyridine rings is 1. The third-order valence-corrected chi connectivity index (χ3v) is 2.47. The Morgan fingerprint density at radius 3 is 2.58 bits per heavy atom. The topological polar surface area (TPSA) is 72.2 Å². The molecule has 1 heterocycles. The second-order valence-corrected chi connectivity index (χ2v) is 3.98. The smallest absolute Gasteiger partial charge is 0.144 e. The van der Waals surface area contributed by atoms with Crippen molar-refractivity contribution in [2.75, 3.05) is 24.0 Å². The van der Waals surface area contributed by atoms with Crippen LogP contribution in [0.25, 0.3) is 0 Å². The second-order valence-electron chi connectivity index (χ2n) is 3.98. The number of nitrogens with two attached hydrogens (primary N) is 1. The molecule has 0 bridgehead atoms. The lowest BCUT2D eigenvalue weighted by Crippen LogP contribution is -2.09. The Kier molecular flexibility index (Phi) is 5.01. The van der Waals surface area contributed by atoms with E-state index < -0.39 is 0 Å². The van der Waals surface area contributed by atoms with Gasteiger partial charge in [-0.2, -0.15) is 0 Å². The minimum absolute atomic E-state index is 0.646. The first-order chi connectivity index (χ1) is 9.38. The molecule has 1 aromatic heterocycles. The lowest BCUT2D eigenvalue weighted by atomic mass is 10.3. The molecule has 0 aliphatic carbocycles. The molecule has 0 aliphatic rings. The number of hydrazine groups is 1. The van der Waals surface area contributed by atoms with E-state index in [1.54, 1.807) is 6.20 Å². The van der Waals surface area contributed by atoms with E-state index in [2.05, 4.69) is 15.8 Å². The van der Waals surface area contributed by atoms with Gasteiger partial charge in [-0.15, -0.1) is 0 Å². The van der Waals surface area contributed by atoms with E-state index in [4.69, 9.17) is 10.5 Å². The molecule has 0 aliphatic heterocycles. The first-order valence-electron chi connectivity index (χ1n) is 6.24. The van der Waals surface area contributed by atoms with E-state index in [1.165, 1.54) is 0 Å². The standard InChI is InChI=1S/C14H18N4O/c15-9-3-11-19-13-7-5-12(6-8-13)17-18-14-4-1-2-10-16-14/h1-2,4-8,10,17H,3,9,11,15H2,(H,16,18). The van der Waals surface area contributed by atoms with Crippen LogP contribution in [-0.2, 0) is 0 Å². The summed E-state index contributed by atoms with van der Waals surface area (Å²) in [6, 6.07) is 13.4. The van der Waals surface area contributed by atoms with Crippen LogP contribution in [0.15, 0.2) is 48.7 Å². The number of ether oxygens (including phenoxy) is 1. The summed E-state index contributed by atoms with van der Waals surface area (Å²) >= 11 is 0. The zero-order chi connectivity index (χ0) is 13.3. The maximum atomic E-state index is 5.52. The van der Waals surface area contributed by atoms with Gasteiger partial charge in [0.2, 0.25) is 0 Å². The summed E-state index contributed by atoms with van der Waals surface area (Å²) in [4.78, 5) is 4.15. The monoisotopic (exact) mass is 258 g/mol. The number of aromatic nitrogens is 1. The number of benzene rings is 1. The number of hydrogen-bond acceptors (Lipinski definition) is 5. The summed E-state index contributed by atoms with van der Waals surface area (Å²) in [5, 5.41) is 0. The van der Waals surface area contributed by atoms with Gasteiger partial charge < -0.3 is 10.5 Å². The molecule has 0 radical (unpaired) electrons. The van der Waals surface area contributed by atoms with Crippen LogP contribution in [0.2, 0.25) is 0 Å². The van der Waals surface area contributed by atoms with Crippen molar-refractivity contribution in [1.29, 1.82) is 0 Å². The van der Waals surface area contributed by atoms with E-state index in [0.717, 1.165) is 23.7 Å². The maximum Gasteiger partial charge on any atom is 0.144 e. The van der Waals surface area contributed by atoms with Gasteiger partial charge in [0.05, 0.1) is 12.3 Å². The molecule has 4 N–H and O–H groups in total. The summed E-state index contributed by atoms with van der Waals surface area (Å²) < 4.78 is 5.52. The zero-order valence-corrected chi connectivity index (χ0v) is 10.7. The Bertz CT molecular complexity index is 473. The molecule has 0 saturated carbocycles. The Hall–Kier alpha value is -2.27. The molecule has 0 atom stereocenters. The van der Waals surface area contributed by atoms with Crippen LogP contribution in [-0.4, -0.2) is 18.1 Å². The van der Waals surface area contributed by atoms with Gasteiger partial charge in [-0.25, -0.2) is 4.98 Å². The lowest BCUT2D eigenvalue weighted by molar-refractivity contribution is 0.313. The summed E-state index contributed by atoms with van der Waals surface area (Å²) in [7, 11) is 0. The van der Waals surface area contributed by atoms with Gasteiger partial charge in [0.1, 0.15) is 11.6 Å². The fraction of sp³-hybridized carbons (Fsp3) is 0.214. The molecule has 5 nitrogen and oxygen atoms in total. The molecule has 100 valence electrons. The van der Waals surface area contributed by atoms with Gasteiger partial charge >= 0.3 is 0 Å². The molecule has 1 aromatic carbocycles. The third kappa shape index (κ3) is 4.48. The number of anilines is 2. The number of rotatable bonds is 7. The van der Waals surface area contributed by atoms with Gasteiger partial charge in [0.25, 0.3) is 0 Å². The first-order valence-corrected chi connectivity index (χ1v) is 6.24. The summed E-state index contributed by atoms with van der Waals surface area (Å²) in [5.74, 6) is 1.61. The molecular formula is C14H18N4O. The average molecular weight is 258 g/mol. The van der Waals surface area contributed by atoms with E-state index in [1.807, 2.05) is 42.5 Å². The predicted octanol–water partition coefficient (Wildman–Crippen LogP) is 2.25. The number of hydrogen-bond donors (Lipinski definition) is 3. The van der Waals surface area contributed by atoms with Crippen molar-refractivity contribution in [3.63, 3.8) is 0 Å². The first kappa shape index (κ1) is 13.2. The van der Waals surface area contributed by atoms with Crippen molar-refractivity contribution in [1.82, 2.24) is 4.98 Å². The quantitative estimate of drug-likeness (QED) is 0.525. The molecule has 5 heteroatoms. The van der Waals surface area contributed by atoms with E-state index in [9.17, 15) is 0 Å². The fourth-order valence-corrected chi connectivity index (χ4v) is 1.48. The Labute approximate surface area is 112 Å². The van der Waals surface area contributed by atoms with Crippen LogP contribution < -0.4 is 21.3 Å². The summed E-state index contributed by atoms with van der Waals surface area (Å²) in [6.45, 7) is 1.29.